The van der Waals surface area contributed by atoms with Gasteiger partial charge in [0.05, 0.1) is 6.61 Å². The molecule has 1 aliphatic rings. The minimum absolute atomic E-state index is 0.579. The minimum Gasteiger partial charge on any atom is -0.380 e. The van der Waals surface area contributed by atoms with Crippen LogP contribution in [0.1, 0.15) is 16.7 Å². The summed E-state index contributed by atoms with van der Waals surface area (Å²) in [6.45, 7) is 0.579. The first-order valence-electron chi connectivity index (χ1n) is 5.68. The third kappa shape index (κ3) is 1.67. The topological polar surface area (TPSA) is 9.23 Å². The molecule has 2 heteroatoms. The lowest BCUT2D eigenvalue weighted by Gasteiger charge is -2.09. The number of hydrogen-bond acceptors (Lipinski definition) is 1. The maximum atomic E-state index is 6.25. The molecule has 17 heavy (non-hydrogen) atoms. The first-order valence-corrected chi connectivity index (χ1v) is 6.06. The molecule has 0 unspecified atom stereocenters. The molecule has 0 aliphatic heterocycles. The Morgan fingerprint density at radius 1 is 1.12 bits per heavy atom. The Kier molecular flexibility index (Phi) is 2.65. The molecule has 0 atom stereocenters. The van der Waals surface area contributed by atoms with Gasteiger partial charge in [0.15, 0.2) is 0 Å². The predicted molar refractivity (Wildman–Crippen MR) is 70.4 cm³/mol. The molecule has 3 rings (SSSR count). The SMILES string of the molecule is COCc1c(Cl)ccc2c1Cc1ccccc1-2. The molecule has 0 aromatic heterocycles. The van der Waals surface area contributed by atoms with Crippen LogP contribution in [0.4, 0.5) is 0 Å². The first-order chi connectivity index (χ1) is 8.31. The summed E-state index contributed by atoms with van der Waals surface area (Å²) in [7, 11) is 1.71. The van der Waals surface area contributed by atoms with E-state index < -0.39 is 0 Å². The van der Waals surface area contributed by atoms with Crippen molar-refractivity contribution < 1.29 is 4.74 Å². The lowest BCUT2D eigenvalue weighted by molar-refractivity contribution is 0.184. The molecule has 0 saturated carbocycles. The highest BCUT2D eigenvalue weighted by Gasteiger charge is 2.21. The van der Waals surface area contributed by atoms with Crippen molar-refractivity contribution in [2.75, 3.05) is 7.11 Å². The molecule has 0 N–H and O–H groups in total. The number of methoxy groups -OCH3 is 1. The molecule has 1 nitrogen and oxygen atoms in total. The number of rotatable bonds is 2. The average molecular weight is 245 g/mol. The zero-order valence-electron chi connectivity index (χ0n) is 9.66. The lowest BCUT2D eigenvalue weighted by atomic mass is 10.0. The zero-order chi connectivity index (χ0) is 11.8. The van der Waals surface area contributed by atoms with Crippen molar-refractivity contribution in [3.05, 3.63) is 58.1 Å². The van der Waals surface area contributed by atoms with Gasteiger partial charge >= 0.3 is 0 Å². The van der Waals surface area contributed by atoms with Crippen LogP contribution in [-0.4, -0.2) is 7.11 Å². The second-order valence-corrected chi connectivity index (χ2v) is 4.73. The van der Waals surface area contributed by atoms with Crippen molar-refractivity contribution in [1.82, 2.24) is 0 Å². The fourth-order valence-electron chi connectivity index (χ4n) is 2.55. The van der Waals surface area contributed by atoms with Crippen molar-refractivity contribution in [3.63, 3.8) is 0 Å². The van der Waals surface area contributed by atoms with Gasteiger partial charge in [-0.05, 0) is 34.7 Å². The predicted octanol–water partition coefficient (Wildman–Crippen LogP) is 4.06. The van der Waals surface area contributed by atoms with Crippen LogP contribution in [0.15, 0.2) is 36.4 Å². The highest BCUT2D eigenvalue weighted by atomic mass is 35.5. The Bertz CT molecular complexity index is 575. The summed E-state index contributed by atoms with van der Waals surface area (Å²) < 4.78 is 5.25. The molecule has 0 amide bonds. The number of halogens is 1. The molecule has 0 radical (unpaired) electrons. The fourth-order valence-corrected chi connectivity index (χ4v) is 2.78. The van der Waals surface area contributed by atoms with Gasteiger partial charge in [-0.3, -0.25) is 0 Å². The number of ether oxygens (including phenoxy) is 1. The fraction of sp³-hybridized carbons (Fsp3) is 0.200. The third-order valence-electron chi connectivity index (χ3n) is 3.34. The van der Waals surface area contributed by atoms with Gasteiger partial charge in [-0.15, -0.1) is 0 Å². The first kappa shape index (κ1) is 10.8. The highest BCUT2D eigenvalue weighted by molar-refractivity contribution is 6.31. The van der Waals surface area contributed by atoms with E-state index in [1.54, 1.807) is 7.11 Å². The van der Waals surface area contributed by atoms with E-state index in [-0.39, 0.29) is 0 Å². The normalized spacial score (nSPS) is 12.4. The molecule has 2 aromatic rings. The van der Waals surface area contributed by atoms with Crippen molar-refractivity contribution in [3.8, 4) is 11.1 Å². The van der Waals surface area contributed by atoms with Crippen molar-refractivity contribution >= 4 is 11.6 Å². The summed E-state index contributed by atoms with van der Waals surface area (Å²) in [5.74, 6) is 0. The van der Waals surface area contributed by atoms with Crippen molar-refractivity contribution in [1.29, 1.82) is 0 Å². The second kappa shape index (κ2) is 4.17. The van der Waals surface area contributed by atoms with Gasteiger partial charge in [0.1, 0.15) is 0 Å². The van der Waals surface area contributed by atoms with Gasteiger partial charge in [0.25, 0.3) is 0 Å². The summed E-state index contributed by atoms with van der Waals surface area (Å²) in [6, 6.07) is 12.6. The van der Waals surface area contributed by atoms with E-state index >= 15 is 0 Å². The Hall–Kier alpha value is -1.31. The van der Waals surface area contributed by atoms with Crippen LogP contribution in [0, 0.1) is 0 Å². The van der Waals surface area contributed by atoms with E-state index in [4.69, 9.17) is 16.3 Å². The molecule has 1 aliphatic carbocycles. The smallest absolute Gasteiger partial charge is 0.0730 e. The van der Waals surface area contributed by atoms with E-state index in [1.807, 2.05) is 6.07 Å². The van der Waals surface area contributed by atoms with Crippen molar-refractivity contribution in [2.45, 2.75) is 13.0 Å². The summed E-state index contributed by atoms with van der Waals surface area (Å²) >= 11 is 6.25. The van der Waals surface area contributed by atoms with Crippen LogP contribution in [0.3, 0.4) is 0 Å². The summed E-state index contributed by atoms with van der Waals surface area (Å²) in [6.07, 6.45) is 0.963. The van der Waals surface area contributed by atoms with Gasteiger partial charge in [-0.1, -0.05) is 41.9 Å². The molecule has 86 valence electrons. The molecular formula is C15H13ClO. The molecule has 0 heterocycles. The largest absolute Gasteiger partial charge is 0.380 e. The third-order valence-corrected chi connectivity index (χ3v) is 3.69. The Morgan fingerprint density at radius 3 is 2.76 bits per heavy atom. The van der Waals surface area contributed by atoms with Crippen LogP contribution in [0.5, 0.6) is 0 Å². The number of benzene rings is 2. The number of hydrogen-bond donors (Lipinski definition) is 0. The second-order valence-electron chi connectivity index (χ2n) is 4.32. The van der Waals surface area contributed by atoms with Crippen LogP contribution in [-0.2, 0) is 17.8 Å². The molecule has 2 aromatic carbocycles. The molecule has 0 saturated heterocycles. The van der Waals surface area contributed by atoms with Gasteiger partial charge < -0.3 is 4.74 Å². The molecule has 0 fully saturated rings. The van der Waals surface area contributed by atoms with Crippen LogP contribution < -0.4 is 0 Å². The Balaban J connectivity index is 2.20. The van der Waals surface area contributed by atoms with E-state index in [0.717, 1.165) is 17.0 Å². The molecular weight excluding hydrogens is 232 g/mol. The molecule has 0 bridgehead atoms. The van der Waals surface area contributed by atoms with E-state index in [1.165, 1.54) is 22.3 Å². The van der Waals surface area contributed by atoms with Crippen LogP contribution >= 0.6 is 11.6 Å². The minimum atomic E-state index is 0.579. The maximum Gasteiger partial charge on any atom is 0.0730 e. The van der Waals surface area contributed by atoms with Crippen LogP contribution in [0.25, 0.3) is 11.1 Å². The number of fused-ring (bicyclic) bond motifs is 3. The van der Waals surface area contributed by atoms with Gasteiger partial charge in [0, 0.05) is 17.7 Å². The van der Waals surface area contributed by atoms with E-state index in [2.05, 4.69) is 30.3 Å². The van der Waals surface area contributed by atoms with Crippen LogP contribution in [0.2, 0.25) is 5.02 Å². The van der Waals surface area contributed by atoms with E-state index in [0.29, 0.717) is 6.61 Å². The van der Waals surface area contributed by atoms with E-state index in [9.17, 15) is 0 Å². The summed E-state index contributed by atoms with van der Waals surface area (Å²) in [4.78, 5) is 0. The highest BCUT2D eigenvalue weighted by Crippen LogP contribution is 2.40. The monoisotopic (exact) mass is 244 g/mol. The summed E-state index contributed by atoms with van der Waals surface area (Å²) in [5.41, 5.74) is 6.46. The zero-order valence-corrected chi connectivity index (χ0v) is 10.4. The van der Waals surface area contributed by atoms with Gasteiger partial charge in [-0.25, -0.2) is 0 Å². The quantitative estimate of drug-likeness (QED) is 0.661. The van der Waals surface area contributed by atoms with Gasteiger partial charge in [-0.2, -0.15) is 0 Å². The lowest BCUT2D eigenvalue weighted by Crippen LogP contribution is -1.96. The van der Waals surface area contributed by atoms with Gasteiger partial charge in [0.2, 0.25) is 0 Å². The Morgan fingerprint density at radius 2 is 1.94 bits per heavy atom. The Labute approximate surface area is 106 Å². The standard InChI is InChI=1S/C15H13ClO/c1-17-9-14-13-8-10-4-2-3-5-11(10)12(13)6-7-15(14)16/h2-7H,8-9H2,1H3. The van der Waals surface area contributed by atoms with Crippen molar-refractivity contribution in [2.24, 2.45) is 0 Å². The maximum absolute atomic E-state index is 6.25. The average Bonchev–Trinajstić information content (AvgIpc) is 2.72. The summed E-state index contributed by atoms with van der Waals surface area (Å²) in [5, 5.41) is 0.804. The molecule has 0 spiro atoms.